The highest BCUT2D eigenvalue weighted by Gasteiger charge is 1.88. The molecular formula is C6H20N2O. The number of nitrogens with two attached hydrogens (primary N) is 1. The first-order valence-electron chi connectivity index (χ1n) is 2.90. The van der Waals surface area contributed by atoms with Crippen LogP contribution in [0.5, 0.6) is 0 Å². The van der Waals surface area contributed by atoms with E-state index in [1.165, 1.54) is 0 Å². The van der Waals surface area contributed by atoms with Crippen molar-refractivity contribution in [3.63, 3.8) is 0 Å². The average Bonchev–Trinajstić information content (AvgIpc) is 1.27. The van der Waals surface area contributed by atoms with Gasteiger partial charge in [0.05, 0.1) is 28.2 Å². The minimum Gasteiger partial charge on any atom is -0.870 e. The van der Waals surface area contributed by atoms with Crippen LogP contribution in [-0.2, 0) is 0 Å². The molecule has 3 N–H and O–H groups in total. The Balaban J connectivity index is -0.0000000800. The zero-order valence-corrected chi connectivity index (χ0v) is 7.18. The maximum Gasteiger partial charge on any atom is 0.0675 e. The molecule has 0 radical (unpaired) electrons. The third-order valence-corrected chi connectivity index (χ3v) is 0. The maximum absolute atomic E-state index is 4.85. The van der Waals surface area contributed by atoms with E-state index in [1.54, 1.807) is 0 Å². The quantitative estimate of drug-likeness (QED) is 0.480. The molecule has 0 saturated heterocycles. The van der Waals surface area contributed by atoms with Crippen molar-refractivity contribution < 1.29 is 9.96 Å². The number of hydrogen-bond acceptors (Lipinski definition) is 2. The molecule has 9 heavy (non-hydrogen) atoms. The van der Waals surface area contributed by atoms with Crippen molar-refractivity contribution in [3.8, 4) is 0 Å². The van der Waals surface area contributed by atoms with Gasteiger partial charge in [0.25, 0.3) is 0 Å². The smallest absolute Gasteiger partial charge is 0.0675 e. The van der Waals surface area contributed by atoms with E-state index in [-0.39, 0.29) is 5.48 Å². The molecule has 0 aliphatic heterocycles. The first-order chi connectivity index (χ1) is 3.41. The van der Waals surface area contributed by atoms with Crippen LogP contribution >= 0.6 is 0 Å². The fraction of sp³-hybridized carbons (Fsp3) is 1.00. The summed E-state index contributed by atoms with van der Waals surface area (Å²) in [4.78, 5) is 0. The second kappa shape index (κ2) is 7.88. The molecule has 0 aromatic heterocycles. The van der Waals surface area contributed by atoms with Gasteiger partial charge in [-0.1, -0.05) is 6.92 Å². The molecule has 0 unspecified atom stereocenters. The lowest BCUT2D eigenvalue weighted by atomic mass is 10.8. The molecule has 0 aliphatic rings. The SMILES string of the molecule is CCN.C[N+](C)(C)C.[OH-]. The lowest BCUT2D eigenvalue weighted by Crippen LogP contribution is -2.27. The van der Waals surface area contributed by atoms with Crippen molar-refractivity contribution >= 4 is 0 Å². The van der Waals surface area contributed by atoms with Crippen molar-refractivity contribution in [3.05, 3.63) is 0 Å². The fourth-order valence-corrected chi connectivity index (χ4v) is 0. The van der Waals surface area contributed by atoms with E-state index >= 15 is 0 Å². The topological polar surface area (TPSA) is 56.0 Å². The van der Waals surface area contributed by atoms with Gasteiger partial charge in [0.15, 0.2) is 0 Å². The van der Waals surface area contributed by atoms with Crippen LogP contribution in [0.2, 0.25) is 0 Å². The van der Waals surface area contributed by atoms with Crippen LogP contribution in [0.1, 0.15) is 6.92 Å². The summed E-state index contributed by atoms with van der Waals surface area (Å²) >= 11 is 0. The summed E-state index contributed by atoms with van der Waals surface area (Å²) in [6.07, 6.45) is 0. The monoisotopic (exact) mass is 136 g/mol. The summed E-state index contributed by atoms with van der Waals surface area (Å²) in [5, 5.41) is 0. The molecule has 0 atom stereocenters. The van der Waals surface area contributed by atoms with E-state index in [2.05, 4.69) is 28.2 Å². The highest BCUT2D eigenvalue weighted by molar-refractivity contribution is 4.00. The second-order valence-corrected chi connectivity index (χ2v) is 3.09. The highest BCUT2D eigenvalue weighted by Crippen LogP contribution is 1.73. The normalized spacial score (nSPS) is 8.67. The van der Waals surface area contributed by atoms with Crippen molar-refractivity contribution in [2.24, 2.45) is 5.73 Å². The predicted molar refractivity (Wildman–Crippen MR) is 40.6 cm³/mol. The fourth-order valence-electron chi connectivity index (χ4n) is 0. The van der Waals surface area contributed by atoms with Gasteiger partial charge in [0, 0.05) is 0 Å². The molecule has 0 fully saturated rings. The Morgan fingerprint density at radius 3 is 1.11 bits per heavy atom. The minimum absolute atomic E-state index is 0. The summed E-state index contributed by atoms with van der Waals surface area (Å²) in [7, 11) is 8.50. The molecule has 0 rings (SSSR count). The molecule has 0 saturated carbocycles. The van der Waals surface area contributed by atoms with Gasteiger partial charge in [-0.15, -0.1) is 0 Å². The van der Waals surface area contributed by atoms with Gasteiger partial charge >= 0.3 is 0 Å². The Morgan fingerprint density at radius 2 is 1.11 bits per heavy atom. The first kappa shape index (κ1) is 15.9. The Kier molecular flexibility index (Phi) is 14.0. The van der Waals surface area contributed by atoms with Crippen LogP contribution in [0.15, 0.2) is 0 Å². The summed E-state index contributed by atoms with van der Waals surface area (Å²) in [5.41, 5.74) is 4.85. The molecule has 0 aliphatic carbocycles. The molecule has 0 aromatic rings. The largest absolute Gasteiger partial charge is 0.870 e. The minimum atomic E-state index is 0. The number of rotatable bonds is 0. The third-order valence-electron chi connectivity index (χ3n) is 0. The lowest BCUT2D eigenvalue weighted by Gasteiger charge is -2.14. The molecule has 60 valence electrons. The van der Waals surface area contributed by atoms with E-state index in [1.807, 2.05) is 6.92 Å². The Morgan fingerprint density at radius 1 is 1.11 bits per heavy atom. The standard InChI is InChI=1S/C4H12N.C2H7N.H2O/c1-5(2,3)4;1-2-3;/h1-4H3;2-3H2,1H3;1H2/q+1;;/p-1. The Labute approximate surface area is 58.4 Å². The molecule has 3 heteroatoms. The maximum atomic E-state index is 4.85. The van der Waals surface area contributed by atoms with Crippen LogP contribution in [0.25, 0.3) is 0 Å². The highest BCUT2D eigenvalue weighted by atomic mass is 16.0. The average molecular weight is 136 g/mol. The molecule has 3 nitrogen and oxygen atoms in total. The second-order valence-electron chi connectivity index (χ2n) is 3.09. The van der Waals surface area contributed by atoms with Crippen molar-refractivity contribution in [1.82, 2.24) is 0 Å². The number of hydrogen-bond donors (Lipinski definition) is 1. The van der Waals surface area contributed by atoms with Gasteiger partial charge in [-0.25, -0.2) is 0 Å². The van der Waals surface area contributed by atoms with Gasteiger partial charge in [0.1, 0.15) is 0 Å². The molecule has 0 bridgehead atoms. The van der Waals surface area contributed by atoms with Crippen LogP contribution in [0, 0.1) is 0 Å². The molecule has 0 aromatic carbocycles. The molecule has 0 amide bonds. The Bertz CT molecular complexity index is 34.8. The lowest BCUT2D eigenvalue weighted by molar-refractivity contribution is -0.849. The van der Waals surface area contributed by atoms with Gasteiger partial charge in [0.2, 0.25) is 0 Å². The van der Waals surface area contributed by atoms with E-state index < -0.39 is 0 Å². The van der Waals surface area contributed by atoms with Crippen LogP contribution in [-0.4, -0.2) is 44.7 Å². The van der Waals surface area contributed by atoms with Gasteiger partial charge < -0.3 is 15.7 Å². The van der Waals surface area contributed by atoms with Crippen LogP contribution in [0.4, 0.5) is 0 Å². The van der Waals surface area contributed by atoms with Gasteiger partial charge in [-0.2, -0.15) is 0 Å². The van der Waals surface area contributed by atoms with Gasteiger partial charge in [-0.3, -0.25) is 0 Å². The van der Waals surface area contributed by atoms with E-state index in [9.17, 15) is 0 Å². The summed E-state index contributed by atoms with van der Waals surface area (Å²) in [5.74, 6) is 0. The number of nitrogens with zero attached hydrogens (tertiary/aromatic N) is 1. The van der Waals surface area contributed by atoms with Crippen LogP contribution in [0.3, 0.4) is 0 Å². The van der Waals surface area contributed by atoms with E-state index in [0.29, 0.717) is 0 Å². The molecular weight excluding hydrogens is 116 g/mol. The number of quaternary nitrogens is 1. The van der Waals surface area contributed by atoms with E-state index in [0.717, 1.165) is 11.0 Å². The van der Waals surface area contributed by atoms with Gasteiger partial charge in [-0.05, 0) is 6.54 Å². The summed E-state index contributed by atoms with van der Waals surface area (Å²) in [6, 6.07) is 0. The van der Waals surface area contributed by atoms with Crippen molar-refractivity contribution in [2.75, 3.05) is 34.7 Å². The zero-order chi connectivity index (χ0) is 7.21. The van der Waals surface area contributed by atoms with Crippen LogP contribution < -0.4 is 5.73 Å². The molecule has 0 spiro atoms. The summed E-state index contributed by atoms with van der Waals surface area (Å²) in [6.45, 7) is 2.65. The zero-order valence-electron chi connectivity index (χ0n) is 7.18. The third kappa shape index (κ3) is 18900. The summed E-state index contributed by atoms with van der Waals surface area (Å²) < 4.78 is 1.00. The first-order valence-corrected chi connectivity index (χ1v) is 2.90. The van der Waals surface area contributed by atoms with Crippen molar-refractivity contribution in [1.29, 1.82) is 0 Å². The van der Waals surface area contributed by atoms with E-state index in [4.69, 9.17) is 5.73 Å². The predicted octanol–water partition coefficient (Wildman–Crippen LogP) is 0.111. The molecule has 0 heterocycles. The Hall–Kier alpha value is -0.120. The van der Waals surface area contributed by atoms with Crippen molar-refractivity contribution in [2.45, 2.75) is 6.92 Å².